The van der Waals surface area contributed by atoms with Crippen LogP contribution in [0.4, 0.5) is 5.69 Å². The standard InChI is InChI=1S/C24H20N2O4S/c1-14-8-17-16(12-29-21(17)9-15(14)2)10-23(28)30-13-20(27)18(11-25)24-26(3)19-6-4-5-7-22(19)31-24/h4-9,12H,10,13H2,1-3H3/b24-18-. The number of fused-ring (bicyclic) bond motifs is 2. The summed E-state index contributed by atoms with van der Waals surface area (Å²) in [6.45, 7) is 3.51. The number of aryl methyl sites for hydroxylation is 2. The predicted molar refractivity (Wildman–Crippen MR) is 119 cm³/mol. The highest BCUT2D eigenvalue weighted by Crippen LogP contribution is 2.46. The van der Waals surface area contributed by atoms with Crippen molar-refractivity contribution in [2.45, 2.75) is 25.2 Å². The number of ether oxygens (including phenoxy) is 1. The summed E-state index contributed by atoms with van der Waals surface area (Å²) in [5.74, 6) is -1.08. The van der Waals surface area contributed by atoms with Gasteiger partial charge in [0.1, 0.15) is 22.3 Å². The predicted octanol–water partition coefficient (Wildman–Crippen LogP) is 4.68. The molecular formula is C24H20N2O4S. The third kappa shape index (κ3) is 3.94. The minimum absolute atomic E-state index is 0.0126. The van der Waals surface area contributed by atoms with Gasteiger partial charge in [0.05, 0.1) is 18.4 Å². The van der Waals surface area contributed by atoms with Crippen LogP contribution in [0, 0.1) is 25.2 Å². The molecule has 1 aliphatic heterocycles. The highest BCUT2D eigenvalue weighted by atomic mass is 32.2. The molecule has 1 aromatic heterocycles. The number of hydrogen-bond acceptors (Lipinski definition) is 7. The van der Waals surface area contributed by atoms with Crippen LogP contribution >= 0.6 is 11.8 Å². The molecule has 0 amide bonds. The number of Topliss-reactive ketones (excluding diaryl/α,β-unsaturated/α-hetero) is 1. The van der Waals surface area contributed by atoms with Crippen molar-refractivity contribution in [2.75, 3.05) is 18.6 Å². The molecule has 4 rings (SSSR count). The molecule has 0 radical (unpaired) electrons. The second-order valence-electron chi connectivity index (χ2n) is 7.37. The Balaban J connectivity index is 1.44. The van der Waals surface area contributed by atoms with Gasteiger partial charge in [-0.3, -0.25) is 9.59 Å². The number of nitrogens with zero attached hydrogens (tertiary/aromatic N) is 2. The first-order valence-electron chi connectivity index (χ1n) is 9.70. The summed E-state index contributed by atoms with van der Waals surface area (Å²) in [5.41, 5.74) is 4.53. The first-order valence-corrected chi connectivity index (χ1v) is 10.5. The minimum atomic E-state index is -0.549. The Morgan fingerprint density at radius 1 is 1.19 bits per heavy atom. The van der Waals surface area contributed by atoms with Crippen molar-refractivity contribution in [2.24, 2.45) is 0 Å². The third-order valence-electron chi connectivity index (χ3n) is 5.31. The summed E-state index contributed by atoms with van der Waals surface area (Å²) in [6, 6.07) is 13.5. The molecule has 7 heteroatoms. The average Bonchev–Trinajstić information content (AvgIpc) is 3.29. The molecule has 2 aromatic carbocycles. The number of esters is 1. The van der Waals surface area contributed by atoms with Crippen LogP contribution in [0.25, 0.3) is 11.0 Å². The largest absolute Gasteiger partial charge is 0.464 e. The van der Waals surface area contributed by atoms with E-state index in [-0.39, 0.29) is 12.0 Å². The van der Waals surface area contributed by atoms with Crippen LogP contribution in [-0.2, 0) is 20.7 Å². The number of nitriles is 1. The molecule has 31 heavy (non-hydrogen) atoms. The summed E-state index contributed by atoms with van der Waals surface area (Å²) in [4.78, 5) is 27.8. The van der Waals surface area contributed by atoms with Crippen LogP contribution in [0.3, 0.4) is 0 Å². The Kier molecular flexibility index (Phi) is 5.57. The Morgan fingerprint density at radius 3 is 2.68 bits per heavy atom. The SMILES string of the molecule is Cc1cc2occ(CC(=O)OCC(=O)/C(C#N)=C3\Sc4ccccc4N3C)c2cc1C. The van der Waals surface area contributed by atoms with Crippen molar-refractivity contribution < 1.29 is 18.7 Å². The van der Waals surface area contributed by atoms with Crippen LogP contribution in [-0.4, -0.2) is 25.4 Å². The lowest BCUT2D eigenvalue weighted by molar-refractivity contribution is -0.146. The van der Waals surface area contributed by atoms with E-state index in [9.17, 15) is 14.9 Å². The molecule has 3 aromatic rings. The van der Waals surface area contributed by atoms with Crippen LogP contribution < -0.4 is 4.90 Å². The van der Waals surface area contributed by atoms with Crippen molar-refractivity contribution in [3.8, 4) is 6.07 Å². The van der Waals surface area contributed by atoms with Gasteiger partial charge in [-0.05, 0) is 49.2 Å². The lowest BCUT2D eigenvalue weighted by Crippen LogP contribution is -2.20. The number of benzene rings is 2. The van der Waals surface area contributed by atoms with Crippen molar-refractivity contribution >= 4 is 40.2 Å². The van der Waals surface area contributed by atoms with Gasteiger partial charge in [0.15, 0.2) is 6.61 Å². The number of hydrogen-bond donors (Lipinski definition) is 0. The molecular weight excluding hydrogens is 412 g/mol. The maximum atomic E-state index is 12.6. The number of carbonyl (C=O) groups excluding carboxylic acids is 2. The summed E-state index contributed by atoms with van der Waals surface area (Å²) in [5, 5.41) is 11.0. The van der Waals surface area contributed by atoms with E-state index in [1.165, 1.54) is 18.0 Å². The number of carbonyl (C=O) groups is 2. The first-order chi connectivity index (χ1) is 14.9. The number of thioether (sulfide) groups is 1. The van der Waals surface area contributed by atoms with Crippen molar-refractivity contribution in [3.05, 3.63) is 70.0 Å². The lowest BCUT2D eigenvalue weighted by Gasteiger charge is -2.14. The Morgan fingerprint density at radius 2 is 1.94 bits per heavy atom. The summed E-state index contributed by atoms with van der Waals surface area (Å²) >= 11 is 1.36. The van der Waals surface area contributed by atoms with Gasteiger partial charge in [0.25, 0.3) is 0 Å². The maximum absolute atomic E-state index is 12.6. The summed E-state index contributed by atoms with van der Waals surface area (Å²) in [7, 11) is 1.80. The highest BCUT2D eigenvalue weighted by molar-refractivity contribution is 8.03. The summed E-state index contributed by atoms with van der Waals surface area (Å²) < 4.78 is 10.7. The molecule has 0 N–H and O–H groups in total. The maximum Gasteiger partial charge on any atom is 0.310 e. The van der Waals surface area contributed by atoms with Gasteiger partial charge in [-0.15, -0.1) is 0 Å². The number of furan rings is 1. The van der Waals surface area contributed by atoms with E-state index >= 15 is 0 Å². The normalized spacial score (nSPS) is 14.3. The first kappa shape index (κ1) is 20.8. The number of rotatable bonds is 5. The molecule has 6 nitrogen and oxygen atoms in total. The zero-order valence-electron chi connectivity index (χ0n) is 17.4. The van der Waals surface area contributed by atoms with Crippen LogP contribution in [0.1, 0.15) is 16.7 Å². The smallest absolute Gasteiger partial charge is 0.310 e. The quantitative estimate of drug-likeness (QED) is 0.329. The third-order valence-corrected chi connectivity index (χ3v) is 6.55. The Labute approximate surface area is 184 Å². The minimum Gasteiger partial charge on any atom is -0.464 e. The molecule has 0 atom stereocenters. The fourth-order valence-electron chi connectivity index (χ4n) is 3.45. The molecule has 0 bridgehead atoms. The zero-order valence-corrected chi connectivity index (χ0v) is 18.2. The lowest BCUT2D eigenvalue weighted by atomic mass is 10.0. The number of ketones is 1. The molecule has 0 unspecified atom stereocenters. The van der Waals surface area contributed by atoms with Gasteiger partial charge in [0.2, 0.25) is 5.78 Å². The molecule has 0 aliphatic carbocycles. The Hall–Kier alpha value is -3.50. The van der Waals surface area contributed by atoms with Gasteiger partial charge in [-0.1, -0.05) is 23.9 Å². The second-order valence-corrected chi connectivity index (χ2v) is 8.41. The van der Waals surface area contributed by atoms with Gasteiger partial charge in [-0.2, -0.15) is 5.26 Å². The zero-order chi connectivity index (χ0) is 22.1. The van der Waals surface area contributed by atoms with E-state index in [0.717, 1.165) is 27.1 Å². The summed E-state index contributed by atoms with van der Waals surface area (Å²) in [6.07, 6.45) is 1.53. The fraction of sp³-hybridized carbons (Fsp3) is 0.208. The van der Waals surface area contributed by atoms with Gasteiger partial charge >= 0.3 is 5.97 Å². The number of para-hydroxylation sites is 1. The fourth-order valence-corrected chi connectivity index (χ4v) is 4.61. The average molecular weight is 433 g/mol. The highest BCUT2D eigenvalue weighted by Gasteiger charge is 2.28. The van der Waals surface area contributed by atoms with E-state index in [2.05, 4.69) is 0 Å². The van der Waals surface area contributed by atoms with E-state index in [0.29, 0.717) is 16.2 Å². The molecule has 0 fully saturated rings. The molecule has 0 saturated heterocycles. The second kappa shape index (κ2) is 8.32. The molecule has 0 saturated carbocycles. The van der Waals surface area contributed by atoms with Gasteiger partial charge in [0, 0.05) is 22.9 Å². The van der Waals surface area contributed by atoms with Crippen LogP contribution in [0.5, 0.6) is 0 Å². The van der Waals surface area contributed by atoms with Crippen molar-refractivity contribution in [1.82, 2.24) is 0 Å². The molecule has 2 heterocycles. The molecule has 0 spiro atoms. The van der Waals surface area contributed by atoms with E-state index in [4.69, 9.17) is 9.15 Å². The molecule has 1 aliphatic rings. The van der Waals surface area contributed by atoms with E-state index in [1.54, 1.807) is 11.9 Å². The van der Waals surface area contributed by atoms with Crippen LogP contribution in [0.2, 0.25) is 0 Å². The van der Waals surface area contributed by atoms with E-state index in [1.807, 2.05) is 56.3 Å². The van der Waals surface area contributed by atoms with Crippen LogP contribution in [0.15, 0.2) is 62.6 Å². The van der Waals surface area contributed by atoms with Crippen molar-refractivity contribution in [3.63, 3.8) is 0 Å². The van der Waals surface area contributed by atoms with Crippen molar-refractivity contribution in [1.29, 1.82) is 5.26 Å². The van der Waals surface area contributed by atoms with Gasteiger partial charge in [-0.25, -0.2) is 0 Å². The molecule has 156 valence electrons. The monoisotopic (exact) mass is 432 g/mol. The van der Waals surface area contributed by atoms with Gasteiger partial charge < -0.3 is 14.1 Å². The topological polar surface area (TPSA) is 83.5 Å². The number of anilines is 1. The van der Waals surface area contributed by atoms with E-state index < -0.39 is 18.4 Å². The Bertz CT molecular complexity index is 1280.